The molecule has 15 heavy (non-hydrogen) atoms. The van der Waals surface area contributed by atoms with Gasteiger partial charge in [0.15, 0.2) is 0 Å². The van der Waals surface area contributed by atoms with E-state index in [0.29, 0.717) is 5.92 Å². The molecule has 0 spiro atoms. The summed E-state index contributed by atoms with van der Waals surface area (Å²) in [6.45, 7) is 0. The van der Waals surface area contributed by atoms with Crippen molar-refractivity contribution in [3.63, 3.8) is 0 Å². The summed E-state index contributed by atoms with van der Waals surface area (Å²) < 4.78 is 1.12. The second-order valence-corrected chi connectivity index (χ2v) is 5.04. The van der Waals surface area contributed by atoms with Gasteiger partial charge in [0, 0.05) is 10.5 Å². The second-order valence-electron chi connectivity index (χ2n) is 4.12. The molecule has 1 fully saturated rings. The maximum atomic E-state index is 6.24. The van der Waals surface area contributed by atoms with Crippen LogP contribution in [0.4, 0.5) is 0 Å². The van der Waals surface area contributed by atoms with Gasteiger partial charge < -0.3 is 5.73 Å². The molecule has 0 aliphatic heterocycles. The van der Waals surface area contributed by atoms with Crippen molar-refractivity contribution in [3.8, 4) is 0 Å². The minimum absolute atomic E-state index is 0. The van der Waals surface area contributed by atoms with Crippen LogP contribution in [0.3, 0.4) is 0 Å². The fourth-order valence-corrected chi connectivity index (χ4v) is 2.54. The van der Waals surface area contributed by atoms with E-state index in [1.165, 1.54) is 31.2 Å². The van der Waals surface area contributed by atoms with Gasteiger partial charge in [0.1, 0.15) is 0 Å². The van der Waals surface area contributed by atoms with Crippen molar-refractivity contribution in [1.29, 1.82) is 0 Å². The van der Waals surface area contributed by atoms with Gasteiger partial charge in [0.05, 0.1) is 0 Å². The van der Waals surface area contributed by atoms with Gasteiger partial charge in [-0.15, -0.1) is 12.4 Å². The van der Waals surface area contributed by atoms with Crippen LogP contribution in [-0.4, -0.2) is 0 Å². The van der Waals surface area contributed by atoms with Crippen molar-refractivity contribution >= 4 is 28.3 Å². The van der Waals surface area contributed by atoms with Crippen molar-refractivity contribution in [3.05, 3.63) is 34.3 Å². The highest BCUT2D eigenvalue weighted by atomic mass is 79.9. The van der Waals surface area contributed by atoms with Crippen molar-refractivity contribution in [2.24, 2.45) is 11.7 Å². The number of halogens is 2. The monoisotopic (exact) mass is 289 g/mol. The maximum absolute atomic E-state index is 6.24. The van der Waals surface area contributed by atoms with Gasteiger partial charge in [-0.1, -0.05) is 40.9 Å². The normalized spacial score (nSPS) is 18.5. The second kappa shape index (κ2) is 5.88. The Morgan fingerprint density at radius 1 is 1.13 bits per heavy atom. The summed E-state index contributed by atoms with van der Waals surface area (Å²) >= 11 is 3.44. The summed E-state index contributed by atoms with van der Waals surface area (Å²) in [7, 11) is 0. The zero-order valence-corrected chi connectivity index (χ0v) is 11.1. The third kappa shape index (κ3) is 3.20. The van der Waals surface area contributed by atoms with Crippen LogP contribution in [0.2, 0.25) is 0 Å². The van der Waals surface area contributed by atoms with Crippen LogP contribution in [0.15, 0.2) is 28.7 Å². The number of hydrogen-bond donors (Lipinski definition) is 1. The standard InChI is InChI=1S/C12H16BrN.ClH/c13-11-7-5-10(6-8-11)12(14)9-3-1-2-4-9;/h5-9,12H,1-4,14H2;1H/t12-;/m1./s1. The topological polar surface area (TPSA) is 26.0 Å². The summed E-state index contributed by atoms with van der Waals surface area (Å²) in [6.07, 6.45) is 5.32. The molecule has 2 N–H and O–H groups in total. The fourth-order valence-electron chi connectivity index (χ4n) is 2.27. The Balaban J connectivity index is 0.00000112. The number of hydrogen-bond acceptors (Lipinski definition) is 1. The zero-order valence-electron chi connectivity index (χ0n) is 8.66. The Bertz CT molecular complexity index is 293. The number of nitrogens with two attached hydrogens (primary N) is 1. The number of benzene rings is 1. The molecule has 0 aromatic heterocycles. The lowest BCUT2D eigenvalue weighted by Crippen LogP contribution is -2.18. The predicted molar refractivity (Wildman–Crippen MR) is 70.3 cm³/mol. The lowest BCUT2D eigenvalue weighted by molar-refractivity contribution is 0.445. The van der Waals surface area contributed by atoms with Gasteiger partial charge in [0.2, 0.25) is 0 Å². The van der Waals surface area contributed by atoms with E-state index in [0.717, 1.165) is 4.47 Å². The summed E-state index contributed by atoms with van der Waals surface area (Å²) in [5.41, 5.74) is 7.51. The van der Waals surface area contributed by atoms with Crippen molar-refractivity contribution in [1.82, 2.24) is 0 Å². The minimum Gasteiger partial charge on any atom is -0.324 e. The molecule has 0 amide bonds. The Morgan fingerprint density at radius 3 is 2.20 bits per heavy atom. The van der Waals surface area contributed by atoms with E-state index in [-0.39, 0.29) is 18.4 Å². The van der Waals surface area contributed by atoms with E-state index in [9.17, 15) is 0 Å². The molecule has 1 saturated carbocycles. The predicted octanol–water partition coefficient (Wildman–Crippen LogP) is 4.06. The highest BCUT2D eigenvalue weighted by molar-refractivity contribution is 9.10. The molecule has 0 heterocycles. The Labute approximate surface area is 106 Å². The molecular formula is C12H17BrClN. The fraction of sp³-hybridized carbons (Fsp3) is 0.500. The van der Waals surface area contributed by atoms with Gasteiger partial charge >= 0.3 is 0 Å². The van der Waals surface area contributed by atoms with Crippen molar-refractivity contribution in [2.75, 3.05) is 0 Å². The van der Waals surface area contributed by atoms with Gasteiger partial charge in [-0.3, -0.25) is 0 Å². The van der Waals surface area contributed by atoms with Crippen molar-refractivity contribution in [2.45, 2.75) is 31.7 Å². The van der Waals surface area contributed by atoms with E-state index in [2.05, 4.69) is 40.2 Å². The molecule has 84 valence electrons. The van der Waals surface area contributed by atoms with Crippen LogP contribution < -0.4 is 5.73 Å². The Morgan fingerprint density at radius 2 is 1.67 bits per heavy atom. The molecule has 3 heteroatoms. The average molecular weight is 291 g/mol. The Hall–Kier alpha value is -0.0500. The molecule has 0 radical (unpaired) electrons. The Kier molecular flexibility index (Phi) is 5.10. The van der Waals surface area contributed by atoms with E-state index in [4.69, 9.17) is 5.73 Å². The first-order chi connectivity index (χ1) is 6.77. The van der Waals surface area contributed by atoms with Crippen molar-refractivity contribution < 1.29 is 0 Å². The van der Waals surface area contributed by atoms with Crippen LogP contribution in [0.1, 0.15) is 37.3 Å². The van der Waals surface area contributed by atoms with Crippen LogP contribution in [0, 0.1) is 5.92 Å². The van der Waals surface area contributed by atoms with Gasteiger partial charge in [-0.25, -0.2) is 0 Å². The molecule has 0 bridgehead atoms. The summed E-state index contributed by atoms with van der Waals surface area (Å²) in [6, 6.07) is 8.65. The summed E-state index contributed by atoms with van der Waals surface area (Å²) in [5, 5.41) is 0. The molecule has 1 aliphatic rings. The van der Waals surface area contributed by atoms with Crippen LogP contribution in [-0.2, 0) is 0 Å². The molecule has 0 unspecified atom stereocenters. The lowest BCUT2D eigenvalue weighted by atomic mass is 9.93. The molecule has 2 rings (SSSR count). The average Bonchev–Trinajstić information content (AvgIpc) is 2.71. The third-order valence-electron chi connectivity index (χ3n) is 3.16. The zero-order chi connectivity index (χ0) is 9.97. The van der Waals surface area contributed by atoms with Gasteiger partial charge in [-0.05, 0) is 36.5 Å². The molecule has 1 atom stereocenters. The minimum atomic E-state index is 0. The molecule has 0 saturated heterocycles. The molecule has 1 aliphatic carbocycles. The maximum Gasteiger partial charge on any atom is 0.0323 e. The first-order valence-corrected chi connectivity index (χ1v) is 6.08. The lowest BCUT2D eigenvalue weighted by Gasteiger charge is -2.19. The smallest absolute Gasteiger partial charge is 0.0323 e. The first-order valence-electron chi connectivity index (χ1n) is 5.28. The molecule has 1 nitrogen and oxygen atoms in total. The molecular weight excluding hydrogens is 273 g/mol. The van der Waals surface area contributed by atoms with Gasteiger partial charge in [-0.2, -0.15) is 0 Å². The summed E-state index contributed by atoms with van der Waals surface area (Å²) in [5.74, 6) is 0.705. The highest BCUT2D eigenvalue weighted by Crippen LogP contribution is 2.34. The van der Waals surface area contributed by atoms with E-state index < -0.39 is 0 Å². The van der Waals surface area contributed by atoms with Gasteiger partial charge in [0.25, 0.3) is 0 Å². The highest BCUT2D eigenvalue weighted by Gasteiger charge is 2.22. The third-order valence-corrected chi connectivity index (χ3v) is 3.69. The molecule has 1 aromatic carbocycles. The van der Waals surface area contributed by atoms with Crippen LogP contribution in [0.25, 0.3) is 0 Å². The SMILES string of the molecule is Cl.N[C@@H](c1ccc(Br)cc1)C1CCCC1. The first kappa shape index (κ1) is 13.0. The van der Waals surface area contributed by atoms with E-state index >= 15 is 0 Å². The molecule has 1 aromatic rings. The summed E-state index contributed by atoms with van der Waals surface area (Å²) in [4.78, 5) is 0. The van der Waals surface area contributed by atoms with Crippen LogP contribution >= 0.6 is 28.3 Å². The van der Waals surface area contributed by atoms with E-state index in [1.807, 2.05) is 0 Å². The number of rotatable bonds is 2. The van der Waals surface area contributed by atoms with E-state index in [1.54, 1.807) is 0 Å². The van der Waals surface area contributed by atoms with Crippen LogP contribution in [0.5, 0.6) is 0 Å². The largest absolute Gasteiger partial charge is 0.324 e. The quantitative estimate of drug-likeness (QED) is 0.873.